The number of halogens is 2. The average molecular weight is 628 g/mol. The molecule has 1 aliphatic heterocycles. The molecule has 11 nitrogen and oxygen atoms in total. The van der Waals surface area contributed by atoms with Crippen LogP contribution in [0.2, 0.25) is 0 Å². The van der Waals surface area contributed by atoms with Gasteiger partial charge in [-0.25, -0.2) is 27.2 Å². The molecule has 0 aliphatic carbocycles. The lowest BCUT2D eigenvalue weighted by atomic mass is 10.0. The van der Waals surface area contributed by atoms with Crippen LogP contribution in [-0.4, -0.2) is 78.5 Å². The maximum atomic E-state index is 13.2. The molecule has 3 heterocycles. The lowest BCUT2D eigenvalue weighted by molar-refractivity contribution is -0.141. The van der Waals surface area contributed by atoms with Gasteiger partial charge in [-0.05, 0) is 35.9 Å². The molecular weight excluding hydrogens is 592 g/mol. The van der Waals surface area contributed by atoms with E-state index in [1.807, 2.05) is 19.0 Å². The number of sulfonamides is 1. The van der Waals surface area contributed by atoms with Crippen LogP contribution in [0, 0.1) is 0 Å². The molecule has 3 N–H and O–H groups in total. The summed E-state index contributed by atoms with van der Waals surface area (Å²) < 4.78 is 53.6. The number of benzene rings is 2. The van der Waals surface area contributed by atoms with Gasteiger partial charge in [-0.15, -0.1) is 0 Å². The van der Waals surface area contributed by atoms with Crippen LogP contribution in [0.5, 0.6) is 0 Å². The molecule has 0 radical (unpaired) electrons. The standard InChI is InChI=1S/C20H22N6O4S.C10H13F2N/c1-24(2)14-3-5-15(6-4-14)31(29,30)26-10-9-25(13-18(26)20(27)28)19-12-22-17-11-21-8-7-16(17)23-19;1-2-10(11,12)9-5-3-8(7-13)4-6-9/h3-8,11-12,18H,9-10,13H2,1-2H3,(H,27,28);3-6H,2,7,13H2,1H3/t18-;/m1./s1. The fourth-order valence-electron chi connectivity index (χ4n) is 4.61. The largest absolute Gasteiger partial charge is 0.480 e. The van der Waals surface area contributed by atoms with Crippen LogP contribution in [0.1, 0.15) is 24.5 Å². The number of carboxylic acid groups (broad SMARTS) is 1. The molecule has 1 aliphatic rings. The first kappa shape index (κ1) is 32.6. The van der Waals surface area contributed by atoms with Crippen molar-refractivity contribution in [2.24, 2.45) is 5.73 Å². The van der Waals surface area contributed by atoms with Crippen molar-refractivity contribution in [3.8, 4) is 0 Å². The second kappa shape index (κ2) is 13.6. The summed E-state index contributed by atoms with van der Waals surface area (Å²) in [6, 6.07) is 13.0. The van der Waals surface area contributed by atoms with Gasteiger partial charge in [0, 0.05) is 64.1 Å². The molecule has 2 aromatic carbocycles. The summed E-state index contributed by atoms with van der Waals surface area (Å²) in [6.45, 7) is 2.14. The van der Waals surface area contributed by atoms with Gasteiger partial charge in [0.25, 0.3) is 5.92 Å². The number of nitrogens with zero attached hydrogens (tertiary/aromatic N) is 6. The van der Waals surface area contributed by atoms with E-state index in [2.05, 4.69) is 15.0 Å². The van der Waals surface area contributed by atoms with Crippen molar-refractivity contribution >= 4 is 38.5 Å². The third-order valence-corrected chi connectivity index (χ3v) is 9.21. The van der Waals surface area contributed by atoms with Crippen LogP contribution in [-0.2, 0) is 27.3 Å². The van der Waals surface area contributed by atoms with E-state index in [0.717, 1.165) is 15.6 Å². The van der Waals surface area contributed by atoms with Crippen molar-refractivity contribution < 1.29 is 27.1 Å². The minimum atomic E-state index is -3.98. The van der Waals surface area contributed by atoms with Crippen LogP contribution < -0.4 is 15.5 Å². The first-order valence-electron chi connectivity index (χ1n) is 13.9. The Labute approximate surface area is 255 Å². The highest BCUT2D eigenvalue weighted by Crippen LogP contribution is 2.31. The summed E-state index contributed by atoms with van der Waals surface area (Å²) >= 11 is 0. The van der Waals surface area contributed by atoms with Gasteiger partial charge in [0.05, 0.1) is 22.8 Å². The van der Waals surface area contributed by atoms with E-state index in [9.17, 15) is 27.1 Å². The van der Waals surface area contributed by atoms with Crippen LogP contribution in [0.15, 0.2) is 78.1 Å². The van der Waals surface area contributed by atoms with E-state index in [1.165, 1.54) is 31.2 Å². The predicted molar refractivity (Wildman–Crippen MR) is 164 cm³/mol. The van der Waals surface area contributed by atoms with Gasteiger partial charge in [0.15, 0.2) is 0 Å². The molecule has 1 atom stereocenters. The number of nitrogens with two attached hydrogens (primary N) is 1. The number of piperazine rings is 1. The van der Waals surface area contributed by atoms with E-state index in [-0.39, 0.29) is 30.0 Å². The highest BCUT2D eigenvalue weighted by atomic mass is 32.2. The van der Waals surface area contributed by atoms with Gasteiger partial charge in [0.1, 0.15) is 17.4 Å². The van der Waals surface area contributed by atoms with Crippen LogP contribution in [0.4, 0.5) is 20.3 Å². The van der Waals surface area contributed by atoms with Gasteiger partial charge in [-0.1, -0.05) is 31.2 Å². The van der Waals surface area contributed by atoms with Gasteiger partial charge < -0.3 is 20.6 Å². The molecule has 14 heteroatoms. The minimum Gasteiger partial charge on any atom is -0.480 e. The second-order valence-corrected chi connectivity index (χ2v) is 12.2. The zero-order valence-electron chi connectivity index (χ0n) is 24.6. The highest BCUT2D eigenvalue weighted by molar-refractivity contribution is 7.89. The van der Waals surface area contributed by atoms with Gasteiger partial charge in [0.2, 0.25) is 10.0 Å². The summed E-state index contributed by atoms with van der Waals surface area (Å²) in [5.74, 6) is -3.43. The minimum absolute atomic E-state index is 0.0186. The maximum Gasteiger partial charge on any atom is 0.323 e. The zero-order chi connectivity index (χ0) is 32.1. The Hall–Kier alpha value is -4.27. The molecule has 5 rings (SSSR count). The Morgan fingerprint density at radius 1 is 1.05 bits per heavy atom. The number of fused-ring (bicyclic) bond motifs is 1. The SMILES string of the molecule is CCC(F)(F)c1ccc(CN)cc1.CN(C)c1ccc(S(=O)(=O)N2CCN(c3cnc4cnccc4n3)C[C@@H]2C(=O)O)cc1. The number of carboxylic acids is 1. The lowest BCUT2D eigenvalue weighted by Gasteiger charge is -2.38. The fraction of sp³-hybridized carbons (Fsp3) is 0.333. The number of hydrogen-bond donors (Lipinski definition) is 2. The normalized spacial score (nSPS) is 15.9. The molecule has 1 fully saturated rings. The average Bonchev–Trinajstić information content (AvgIpc) is 3.04. The third-order valence-electron chi connectivity index (χ3n) is 7.29. The summed E-state index contributed by atoms with van der Waals surface area (Å²) in [7, 11) is -0.263. The second-order valence-electron chi connectivity index (χ2n) is 10.4. The Bertz CT molecular complexity index is 1690. The first-order valence-corrected chi connectivity index (χ1v) is 15.3. The van der Waals surface area contributed by atoms with E-state index in [4.69, 9.17) is 5.73 Å². The molecule has 0 bridgehead atoms. The third kappa shape index (κ3) is 7.26. The van der Waals surface area contributed by atoms with Crippen molar-refractivity contribution in [2.45, 2.75) is 36.7 Å². The molecule has 0 amide bonds. The molecule has 0 unspecified atom stereocenters. The molecule has 234 valence electrons. The Morgan fingerprint density at radius 2 is 1.73 bits per heavy atom. The van der Waals surface area contributed by atoms with Gasteiger partial charge in [-0.3, -0.25) is 9.78 Å². The number of aromatic nitrogens is 3. The maximum absolute atomic E-state index is 13.2. The van der Waals surface area contributed by atoms with E-state index in [0.29, 0.717) is 29.9 Å². The number of hydrogen-bond acceptors (Lipinski definition) is 9. The van der Waals surface area contributed by atoms with Crippen molar-refractivity contribution in [1.82, 2.24) is 19.3 Å². The van der Waals surface area contributed by atoms with E-state index >= 15 is 0 Å². The Balaban J connectivity index is 0.000000285. The molecule has 4 aromatic rings. The summed E-state index contributed by atoms with van der Waals surface area (Å²) in [6.07, 6.45) is 4.58. The van der Waals surface area contributed by atoms with Crippen molar-refractivity contribution in [1.29, 1.82) is 0 Å². The molecule has 1 saturated heterocycles. The molecule has 44 heavy (non-hydrogen) atoms. The number of aliphatic carboxylic acids is 1. The number of anilines is 2. The fourth-order valence-corrected chi connectivity index (χ4v) is 6.17. The number of rotatable bonds is 8. The highest BCUT2D eigenvalue weighted by Gasteiger charge is 2.40. The quantitative estimate of drug-likeness (QED) is 0.297. The first-order chi connectivity index (χ1) is 20.9. The lowest BCUT2D eigenvalue weighted by Crippen LogP contribution is -2.58. The smallest absolute Gasteiger partial charge is 0.323 e. The summed E-state index contributed by atoms with van der Waals surface area (Å²) in [5.41, 5.74) is 8.40. The molecule has 0 spiro atoms. The van der Waals surface area contributed by atoms with Crippen molar-refractivity contribution in [3.63, 3.8) is 0 Å². The summed E-state index contributed by atoms with van der Waals surface area (Å²) in [5, 5.41) is 9.79. The Morgan fingerprint density at radius 3 is 2.32 bits per heavy atom. The number of carbonyl (C=O) groups is 1. The predicted octanol–water partition coefficient (Wildman–Crippen LogP) is 3.70. The van der Waals surface area contributed by atoms with Crippen LogP contribution in [0.3, 0.4) is 0 Å². The number of pyridine rings is 1. The molecule has 0 saturated carbocycles. The number of alkyl halides is 2. The monoisotopic (exact) mass is 627 g/mol. The molecular formula is C30H35F2N7O4S. The zero-order valence-corrected chi connectivity index (χ0v) is 25.5. The van der Waals surface area contributed by atoms with Crippen molar-refractivity contribution in [3.05, 3.63) is 84.3 Å². The van der Waals surface area contributed by atoms with Gasteiger partial charge >= 0.3 is 5.97 Å². The van der Waals surface area contributed by atoms with E-state index in [1.54, 1.807) is 53.8 Å². The topological polar surface area (TPSA) is 146 Å². The molecule has 2 aromatic heterocycles. The Kier molecular flexibility index (Phi) is 10.1. The van der Waals surface area contributed by atoms with Crippen LogP contribution in [0.25, 0.3) is 11.0 Å². The van der Waals surface area contributed by atoms with Crippen LogP contribution >= 0.6 is 0 Å². The summed E-state index contributed by atoms with van der Waals surface area (Å²) in [4.78, 5) is 28.5. The van der Waals surface area contributed by atoms with E-state index < -0.39 is 28.0 Å². The van der Waals surface area contributed by atoms with Crippen molar-refractivity contribution in [2.75, 3.05) is 43.5 Å². The van der Waals surface area contributed by atoms with Gasteiger partial charge in [-0.2, -0.15) is 4.31 Å².